The summed E-state index contributed by atoms with van der Waals surface area (Å²) in [4.78, 5) is 41.4. The second-order valence-electron chi connectivity index (χ2n) is 22.4. The maximum absolute atomic E-state index is 14.3. The Morgan fingerprint density at radius 1 is 0.623 bits per heavy atom. The summed E-state index contributed by atoms with van der Waals surface area (Å²) in [6.45, 7) is 6.44. The van der Waals surface area contributed by atoms with Crippen molar-refractivity contribution in [1.82, 2.24) is 0 Å². The number of ether oxygens (including phenoxy) is 5. The van der Waals surface area contributed by atoms with Crippen molar-refractivity contribution in [3.63, 3.8) is 0 Å². The van der Waals surface area contributed by atoms with Gasteiger partial charge in [-0.1, -0.05) is 0 Å². The lowest BCUT2D eigenvalue weighted by Gasteiger charge is -2.66. The summed E-state index contributed by atoms with van der Waals surface area (Å²) in [7, 11) is 0. The van der Waals surface area contributed by atoms with E-state index in [0.29, 0.717) is 62.1 Å². The van der Waals surface area contributed by atoms with Crippen LogP contribution >= 0.6 is 0 Å². The van der Waals surface area contributed by atoms with Crippen molar-refractivity contribution in [1.29, 1.82) is 0 Å². The van der Waals surface area contributed by atoms with Gasteiger partial charge in [-0.3, -0.25) is 14.4 Å². The van der Waals surface area contributed by atoms with Crippen LogP contribution in [0.4, 0.5) is 0 Å². The first-order valence-corrected chi connectivity index (χ1v) is 21.2. The van der Waals surface area contributed by atoms with Crippen molar-refractivity contribution < 1.29 is 48.3 Å². The zero-order valence-corrected chi connectivity index (χ0v) is 32.3. The predicted octanol–water partition coefficient (Wildman–Crippen LogP) is 6.02. The predicted molar refractivity (Wildman–Crippen MR) is 190 cm³/mol. The first-order chi connectivity index (χ1) is 24.9. The Balaban J connectivity index is 0.908. The van der Waals surface area contributed by atoms with Crippen LogP contribution in [0.2, 0.25) is 0 Å². The van der Waals surface area contributed by atoms with Gasteiger partial charge >= 0.3 is 17.9 Å². The first-order valence-electron chi connectivity index (χ1n) is 21.2. The average molecular weight is 739 g/mol. The number of esters is 3. The van der Waals surface area contributed by atoms with Crippen LogP contribution in [0.3, 0.4) is 0 Å². The highest BCUT2D eigenvalue weighted by molar-refractivity contribution is 5.79. The Morgan fingerprint density at radius 2 is 1.11 bits per heavy atom. The highest BCUT2D eigenvalue weighted by Crippen LogP contribution is 2.67. The number of hydrogen-bond acceptors (Lipinski definition) is 10. The number of carbonyl (C=O) groups is 3. The van der Waals surface area contributed by atoms with E-state index in [2.05, 4.69) is 0 Å². The normalized spacial score (nSPS) is 52.6. The quantitative estimate of drug-likeness (QED) is 0.225. The third-order valence-electron chi connectivity index (χ3n) is 16.7. The van der Waals surface area contributed by atoms with Crippen LogP contribution in [0.15, 0.2) is 0 Å². The molecule has 12 aliphatic carbocycles. The first kappa shape index (κ1) is 35.6. The maximum atomic E-state index is 14.3. The van der Waals surface area contributed by atoms with Crippen LogP contribution in [-0.2, 0) is 38.1 Å². The van der Waals surface area contributed by atoms with E-state index in [1.807, 2.05) is 20.8 Å². The Morgan fingerprint density at radius 3 is 1.57 bits per heavy atom. The van der Waals surface area contributed by atoms with Gasteiger partial charge in [0.05, 0.1) is 40.7 Å². The van der Waals surface area contributed by atoms with Gasteiger partial charge in [-0.05, 0) is 160 Å². The largest absolute Gasteiger partial charge is 0.465 e. The van der Waals surface area contributed by atoms with Crippen LogP contribution in [-0.4, -0.2) is 77.1 Å². The van der Waals surface area contributed by atoms with Gasteiger partial charge in [-0.2, -0.15) is 0 Å². The van der Waals surface area contributed by atoms with Gasteiger partial charge in [0.25, 0.3) is 0 Å². The number of hydrogen-bond donors (Lipinski definition) is 2. The van der Waals surface area contributed by atoms with Gasteiger partial charge in [-0.15, -0.1) is 0 Å². The molecular weight excluding hydrogens is 676 g/mol. The zero-order valence-electron chi connectivity index (χ0n) is 32.3. The van der Waals surface area contributed by atoms with E-state index in [9.17, 15) is 24.6 Å². The molecule has 6 unspecified atom stereocenters. The molecule has 1 heterocycles. The Hall–Kier alpha value is -1.75. The number of aliphatic hydroxyl groups is 2. The number of carbonyl (C=O) groups excluding carboxylic acids is 3. The van der Waals surface area contributed by atoms with Crippen LogP contribution in [0.1, 0.15) is 136 Å². The van der Waals surface area contributed by atoms with Gasteiger partial charge in [0.2, 0.25) is 0 Å². The summed E-state index contributed by atoms with van der Waals surface area (Å²) in [6.07, 6.45) is 14.3. The molecule has 13 fully saturated rings. The van der Waals surface area contributed by atoms with Crippen LogP contribution < -0.4 is 0 Å². The van der Waals surface area contributed by atoms with Gasteiger partial charge in [0, 0.05) is 23.7 Å². The van der Waals surface area contributed by atoms with Gasteiger partial charge in [-0.25, -0.2) is 0 Å². The van der Waals surface area contributed by atoms with Crippen molar-refractivity contribution in [2.24, 2.45) is 63.1 Å². The van der Waals surface area contributed by atoms with E-state index in [1.54, 1.807) is 0 Å². The SMILES string of the molecule is CC(C)(C)C(=O)OCC12CC3CC(C1)C1(OCCC(COC(=O)C45CC6CC(CC(O)(C6)C4)C5)(COC(=O)C45CC6CC(CC(O)(C6)C4)C5)O1)C(C3)C2. The minimum absolute atomic E-state index is 0.0286. The summed E-state index contributed by atoms with van der Waals surface area (Å²) >= 11 is 0. The molecule has 53 heavy (non-hydrogen) atoms. The van der Waals surface area contributed by atoms with Crippen LogP contribution in [0.25, 0.3) is 0 Å². The van der Waals surface area contributed by atoms with Gasteiger partial charge in [0.15, 0.2) is 5.79 Å². The van der Waals surface area contributed by atoms with Crippen molar-refractivity contribution in [3.8, 4) is 0 Å². The highest BCUT2D eigenvalue weighted by atomic mass is 16.7. The Bertz CT molecular complexity index is 1450. The summed E-state index contributed by atoms with van der Waals surface area (Å²) in [5.41, 5.74) is -4.66. The van der Waals surface area contributed by atoms with E-state index >= 15 is 0 Å². The maximum Gasteiger partial charge on any atom is 0.312 e. The smallest absolute Gasteiger partial charge is 0.312 e. The highest BCUT2D eigenvalue weighted by Gasteiger charge is 2.68. The average Bonchev–Trinajstić information content (AvgIpc) is 3.05. The fourth-order valence-electron chi connectivity index (χ4n) is 15.8. The molecule has 2 N–H and O–H groups in total. The molecule has 12 bridgehead atoms. The molecule has 10 heteroatoms. The summed E-state index contributed by atoms with van der Waals surface area (Å²) in [5.74, 6) is 0.536. The van der Waals surface area contributed by atoms with E-state index in [1.165, 1.54) is 0 Å². The molecule has 12 saturated carbocycles. The fourth-order valence-corrected chi connectivity index (χ4v) is 15.8. The lowest BCUT2D eigenvalue weighted by Crippen LogP contribution is -2.69. The lowest BCUT2D eigenvalue weighted by atomic mass is 9.47. The molecule has 13 rings (SSSR count). The fraction of sp³-hybridized carbons (Fsp3) is 0.930. The van der Waals surface area contributed by atoms with E-state index < -0.39 is 38.8 Å². The molecule has 0 aromatic carbocycles. The molecule has 1 saturated heterocycles. The van der Waals surface area contributed by atoms with Crippen molar-refractivity contribution >= 4 is 17.9 Å². The monoisotopic (exact) mass is 738 g/mol. The number of rotatable bonds is 8. The third kappa shape index (κ3) is 5.70. The summed E-state index contributed by atoms with van der Waals surface area (Å²) < 4.78 is 32.9. The molecule has 1 spiro atoms. The van der Waals surface area contributed by atoms with Crippen LogP contribution in [0.5, 0.6) is 0 Å². The second kappa shape index (κ2) is 11.4. The topological polar surface area (TPSA) is 138 Å². The molecule has 1 aliphatic heterocycles. The van der Waals surface area contributed by atoms with Crippen molar-refractivity contribution in [2.75, 3.05) is 26.4 Å². The van der Waals surface area contributed by atoms with Crippen molar-refractivity contribution in [3.05, 3.63) is 0 Å². The standard InChI is InChI=1S/C43H62O10/c1-36(2,3)33(44)49-23-37-10-26-8-31(19-37)43(32(9-26)20-37)52-5-4-42(53-43,24-50-34(45)38-11-27-6-28(12-38)16-40(47,15-27)21-38)25-51-35(46)39-13-29-7-30(14-39)18-41(48,17-29)22-39/h26-32,47-48H,4-25H2,1-3H3. The zero-order chi connectivity index (χ0) is 36.9. The lowest BCUT2D eigenvalue weighted by molar-refractivity contribution is -0.413. The third-order valence-corrected chi connectivity index (χ3v) is 16.7. The molecule has 0 aromatic rings. The molecule has 0 amide bonds. The van der Waals surface area contributed by atoms with Crippen molar-refractivity contribution in [2.45, 2.75) is 159 Å². The Labute approximate surface area is 314 Å². The van der Waals surface area contributed by atoms with E-state index in [4.69, 9.17) is 23.7 Å². The minimum Gasteiger partial charge on any atom is -0.465 e. The molecule has 6 atom stereocenters. The summed E-state index contributed by atoms with van der Waals surface area (Å²) in [5, 5.41) is 22.8. The molecule has 0 aromatic heterocycles. The molecular formula is C43H62O10. The minimum atomic E-state index is -1.08. The van der Waals surface area contributed by atoms with E-state index in [0.717, 1.165) is 96.3 Å². The molecule has 10 nitrogen and oxygen atoms in total. The summed E-state index contributed by atoms with van der Waals surface area (Å²) in [6, 6.07) is 0. The van der Waals surface area contributed by atoms with Crippen LogP contribution in [0, 0.1) is 63.1 Å². The molecule has 0 radical (unpaired) electrons. The van der Waals surface area contributed by atoms with E-state index in [-0.39, 0.29) is 48.4 Å². The Kier molecular flexibility index (Phi) is 7.69. The molecule has 13 aliphatic rings. The van der Waals surface area contributed by atoms with Gasteiger partial charge in [0.1, 0.15) is 18.8 Å². The second-order valence-corrected chi connectivity index (χ2v) is 22.4. The molecule has 294 valence electrons. The van der Waals surface area contributed by atoms with Gasteiger partial charge < -0.3 is 33.9 Å².